The number of nitrogens with two attached hydrogens (primary N) is 1. The standard InChI is InChI=1S/C13H14BrN3/c14-11-9-16-7-6-12(11)17-13(8-15)10-4-2-1-3-5-10/h1-7,9,13H,8,15H2,(H,16,17). The number of benzene rings is 1. The topological polar surface area (TPSA) is 50.9 Å². The molecule has 1 atom stereocenters. The lowest BCUT2D eigenvalue weighted by Gasteiger charge is -2.19. The van der Waals surface area contributed by atoms with E-state index >= 15 is 0 Å². The van der Waals surface area contributed by atoms with Gasteiger partial charge in [-0.3, -0.25) is 4.98 Å². The molecule has 2 aromatic rings. The molecule has 1 aromatic heterocycles. The largest absolute Gasteiger partial charge is 0.376 e. The van der Waals surface area contributed by atoms with Crippen LogP contribution in [0.1, 0.15) is 11.6 Å². The zero-order valence-corrected chi connectivity index (χ0v) is 10.9. The molecule has 0 aliphatic rings. The van der Waals surface area contributed by atoms with Crippen molar-refractivity contribution in [3.05, 3.63) is 58.8 Å². The zero-order chi connectivity index (χ0) is 12.1. The lowest BCUT2D eigenvalue weighted by atomic mass is 10.1. The van der Waals surface area contributed by atoms with Crippen LogP contribution in [-0.2, 0) is 0 Å². The highest BCUT2D eigenvalue weighted by atomic mass is 79.9. The molecule has 0 radical (unpaired) electrons. The summed E-state index contributed by atoms with van der Waals surface area (Å²) in [5.41, 5.74) is 7.99. The summed E-state index contributed by atoms with van der Waals surface area (Å²) in [7, 11) is 0. The number of hydrogen-bond acceptors (Lipinski definition) is 3. The van der Waals surface area contributed by atoms with Gasteiger partial charge in [0, 0.05) is 18.9 Å². The van der Waals surface area contributed by atoms with Gasteiger partial charge < -0.3 is 11.1 Å². The van der Waals surface area contributed by atoms with E-state index in [-0.39, 0.29) is 6.04 Å². The maximum atomic E-state index is 5.81. The second kappa shape index (κ2) is 5.80. The summed E-state index contributed by atoms with van der Waals surface area (Å²) in [5.74, 6) is 0. The molecule has 3 nitrogen and oxygen atoms in total. The molecule has 0 saturated carbocycles. The van der Waals surface area contributed by atoms with Gasteiger partial charge in [-0.25, -0.2) is 0 Å². The van der Waals surface area contributed by atoms with E-state index in [9.17, 15) is 0 Å². The first kappa shape index (κ1) is 12.1. The van der Waals surface area contributed by atoms with Crippen molar-refractivity contribution < 1.29 is 0 Å². The molecule has 0 aliphatic carbocycles. The van der Waals surface area contributed by atoms with Crippen LogP contribution in [0.4, 0.5) is 5.69 Å². The number of aromatic nitrogens is 1. The first-order valence-electron chi connectivity index (χ1n) is 5.42. The molecule has 3 N–H and O–H groups in total. The van der Waals surface area contributed by atoms with E-state index in [0.29, 0.717) is 6.54 Å². The monoisotopic (exact) mass is 291 g/mol. The van der Waals surface area contributed by atoms with Crippen LogP contribution in [0.3, 0.4) is 0 Å². The van der Waals surface area contributed by atoms with Crippen molar-refractivity contribution in [3.63, 3.8) is 0 Å². The maximum Gasteiger partial charge on any atom is 0.0636 e. The van der Waals surface area contributed by atoms with Gasteiger partial charge in [0.1, 0.15) is 0 Å². The van der Waals surface area contributed by atoms with Crippen molar-refractivity contribution in [2.24, 2.45) is 5.73 Å². The lowest BCUT2D eigenvalue weighted by molar-refractivity contribution is 0.789. The fourth-order valence-electron chi connectivity index (χ4n) is 1.64. The number of anilines is 1. The van der Waals surface area contributed by atoms with Crippen LogP contribution in [0.25, 0.3) is 0 Å². The molecule has 0 spiro atoms. The number of hydrogen-bond donors (Lipinski definition) is 2. The van der Waals surface area contributed by atoms with E-state index in [0.717, 1.165) is 10.2 Å². The molecule has 88 valence electrons. The maximum absolute atomic E-state index is 5.81. The van der Waals surface area contributed by atoms with Gasteiger partial charge in [0.25, 0.3) is 0 Å². The Balaban J connectivity index is 2.19. The zero-order valence-electron chi connectivity index (χ0n) is 9.31. The Morgan fingerprint density at radius 2 is 2.00 bits per heavy atom. The SMILES string of the molecule is NCC(Nc1ccncc1Br)c1ccccc1. The molecule has 0 aliphatic heterocycles. The Bertz CT molecular complexity index is 473. The molecule has 0 amide bonds. The summed E-state index contributed by atoms with van der Waals surface area (Å²) in [6, 6.07) is 12.2. The minimum Gasteiger partial charge on any atom is -0.376 e. The number of nitrogens with zero attached hydrogens (tertiary/aromatic N) is 1. The average molecular weight is 292 g/mol. The first-order valence-corrected chi connectivity index (χ1v) is 6.21. The third kappa shape index (κ3) is 3.05. The third-order valence-corrected chi connectivity index (χ3v) is 3.17. The summed E-state index contributed by atoms with van der Waals surface area (Å²) in [4.78, 5) is 4.03. The summed E-state index contributed by atoms with van der Waals surface area (Å²) in [6.07, 6.45) is 3.52. The van der Waals surface area contributed by atoms with Crippen molar-refractivity contribution in [2.45, 2.75) is 6.04 Å². The molecular weight excluding hydrogens is 278 g/mol. The van der Waals surface area contributed by atoms with E-state index in [1.54, 1.807) is 12.4 Å². The summed E-state index contributed by atoms with van der Waals surface area (Å²) in [6.45, 7) is 0.540. The highest BCUT2D eigenvalue weighted by Gasteiger charge is 2.10. The van der Waals surface area contributed by atoms with Gasteiger partial charge in [0.2, 0.25) is 0 Å². The Morgan fingerprint density at radius 1 is 1.24 bits per heavy atom. The van der Waals surface area contributed by atoms with Crippen molar-refractivity contribution >= 4 is 21.6 Å². The highest BCUT2D eigenvalue weighted by Crippen LogP contribution is 2.24. The molecular formula is C13H14BrN3. The normalized spacial score (nSPS) is 12.1. The predicted molar refractivity (Wildman–Crippen MR) is 73.8 cm³/mol. The molecule has 1 heterocycles. The van der Waals surface area contributed by atoms with Gasteiger partial charge >= 0.3 is 0 Å². The Kier molecular flexibility index (Phi) is 4.12. The number of halogens is 1. The smallest absolute Gasteiger partial charge is 0.0636 e. The van der Waals surface area contributed by atoms with Gasteiger partial charge in [-0.2, -0.15) is 0 Å². The van der Waals surface area contributed by atoms with E-state index in [1.807, 2.05) is 24.3 Å². The van der Waals surface area contributed by atoms with Crippen LogP contribution in [0.2, 0.25) is 0 Å². The first-order chi connectivity index (χ1) is 8.31. The summed E-state index contributed by atoms with van der Waals surface area (Å²) in [5, 5.41) is 3.40. The Hall–Kier alpha value is -1.39. The fraction of sp³-hybridized carbons (Fsp3) is 0.154. The van der Waals surface area contributed by atoms with E-state index in [4.69, 9.17) is 5.73 Å². The van der Waals surface area contributed by atoms with E-state index in [2.05, 4.69) is 38.4 Å². The highest BCUT2D eigenvalue weighted by molar-refractivity contribution is 9.10. The second-order valence-electron chi connectivity index (χ2n) is 3.70. The van der Waals surface area contributed by atoms with Gasteiger partial charge in [-0.15, -0.1) is 0 Å². The van der Waals surface area contributed by atoms with Gasteiger partial charge in [-0.1, -0.05) is 30.3 Å². The van der Waals surface area contributed by atoms with Crippen LogP contribution in [0.15, 0.2) is 53.3 Å². The third-order valence-electron chi connectivity index (χ3n) is 2.54. The molecule has 0 bridgehead atoms. The van der Waals surface area contributed by atoms with Gasteiger partial charge in [0.15, 0.2) is 0 Å². The average Bonchev–Trinajstić information content (AvgIpc) is 2.39. The predicted octanol–water partition coefficient (Wildman–Crippen LogP) is 2.96. The molecule has 2 rings (SSSR count). The molecule has 4 heteroatoms. The van der Waals surface area contributed by atoms with E-state index < -0.39 is 0 Å². The summed E-state index contributed by atoms with van der Waals surface area (Å²) < 4.78 is 0.939. The summed E-state index contributed by atoms with van der Waals surface area (Å²) >= 11 is 3.46. The minimum absolute atomic E-state index is 0.106. The number of pyridine rings is 1. The quantitative estimate of drug-likeness (QED) is 0.911. The fourth-order valence-corrected chi connectivity index (χ4v) is 2.01. The molecule has 0 saturated heterocycles. The lowest BCUT2D eigenvalue weighted by Crippen LogP contribution is -2.20. The Morgan fingerprint density at radius 3 is 2.65 bits per heavy atom. The van der Waals surface area contributed by atoms with Crippen molar-refractivity contribution in [1.29, 1.82) is 0 Å². The molecule has 1 unspecified atom stereocenters. The number of nitrogens with one attached hydrogen (secondary N) is 1. The van der Waals surface area contributed by atoms with Crippen LogP contribution in [-0.4, -0.2) is 11.5 Å². The van der Waals surface area contributed by atoms with Gasteiger partial charge in [0.05, 0.1) is 16.2 Å². The Labute approximate surface area is 109 Å². The van der Waals surface area contributed by atoms with Crippen molar-refractivity contribution in [2.75, 3.05) is 11.9 Å². The van der Waals surface area contributed by atoms with E-state index in [1.165, 1.54) is 5.56 Å². The number of rotatable bonds is 4. The second-order valence-corrected chi connectivity index (χ2v) is 4.55. The van der Waals surface area contributed by atoms with Crippen LogP contribution in [0, 0.1) is 0 Å². The molecule has 1 aromatic carbocycles. The van der Waals surface area contributed by atoms with Gasteiger partial charge in [-0.05, 0) is 27.6 Å². The molecule has 0 fully saturated rings. The van der Waals surface area contributed by atoms with Crippen LogP contribution < -0.4 is 11.1 Å². The minimum atomic E-state index is 0.106. The van der Waals surface area contributed by atoms with Crippen molar-refractivity contribution in [3.8, 4) is 0 Å². The molecule has 17 heavy (non-hydrogen) atoms. The van der Waals surface area contributed by atoms with Crippen LogP contribution in [0.5, 0.6) is 0 Å². The van der Waals surface area contributed by atoms with Crippen molar-refractivity contribution in [1.82, 2.24) is 4.98 Å². The van der Waals surface area contributed by atoms with Crippen LogP contribution >= 0.6 is 15.9 Å².